The average molecular weight is 333 g/mol. The first kappa shape index (κ1) is 16.9. The molecule has 2 fully saturated rings. The molecular weight excluding hydrogens is 306 g/mol. The summed E-state index contributed by atoms with van der Waals surface area (Å²) in [4.78, 5) is 27.8. The first-order valence-electron chi connectivity index (χ1n) is 8.68. The predicted octanol–water partition coefficient (Wildman–Crippen LogP) is 1.25. The number of carbonyl (C=O) groups excluding carboxylic acids is 2. The van der Waals surface area contributed by atoms with Crippen molar-refractivity contribution < 1.29 is 15.8 Å². The lowest BCUT2D eigenvalue weighted by atomic mass is 10.1. The average Bonchev–Trinajstić information content (AvgIpc) is 2.60. The molecule has 2 amide bonds. The molecule has 0 saturated carbocycles. The highest BCUT2D eigenvalue weighted by Crippen LogP contribution is 2.18. The van der Waals surface area contributed by atoms with Crippen LogP contribution >= 0.6 is 0 Å². The number of nitrogens with zero attached hydrogens (tertiary/aromatic N) is 2. The smallest absolute Gasteiger partial charge is 0.267 e. The van der Waals surface area contributed by atoms with Crippen molar-refractivity contribution in [1.29, 1.82) is 0 Å². The highest BCUT2D eigenvalue weighted by molar-refractivity contribution is 5.99. The molecule has 0 aliphatic carbocycles. The molecule has 2 saturated heterocycles. The Kier molecular flexibility index (Phi) is 5.48. The van der Waals surface area contributed by atoms with Crippen LogP contribution in [-0.2, 0) is 16.1 Å². The molecule has 1 aromatic carbocycles. The van der Waals surface area contributed by atoms with Crippen LogP contribution in [0.2, 0.25) is 0 Å². The van der Waals surface area contributed by atoms with Crippen molar-refractivity contribution in [2.24, 2.45) is 0 Å². The first-order valence-corrected chi connectivity index (χ1v) is 8.68. The number of hydrogen-bond acceptors (Lipinski definition) is 5. The topological polar surface area (TPSA) is 61.9 Å². The van der Waals surface area contributed by atoms with Gasteiger partial charge in [0.1, 0.15) is 5.75 Å². The van der Waals surface area contributed by atoms with Crippen molar-refractivity contribution in [2.75, 3.05) is 32.7 Å². The molecule has 24 heavy (non-hydrogen) atoms. The van der Waals surface area contributed by atoms with Crippen LogP contribution in [0.5, 0.6) is 5.75 Å². The highest BCUT2D eigenvalue weighted by atomic mass is 16.5. The Labute approximate surface area is 144 Å². The zero-order valence-electron chi connectivity index (χ0n) is 14.2. The summed E-state index contributed by atoms with van der Waals surface area (Å²) < 4.78 is 5.70. The van der Waals surface area contributed by atoms with E-state index in [1.807, 2.05) is 24.3 Å². The van der Waals surface area contributed by atoms with Gasteiger partial charge in [-0.3, -0.25) is 19.8 Å². The van der Waals surface area contributed by atoms with Gasteiger partial charge in [0.25, 0.3) is 5.91 Å². The van der Waals surface area contributed by atoms with E-state index >= 15 is 0 Å². The number of amides is 2. The molecular formula is C18H27N3O3. The predicted molar refractivity (Wildman–Crippen MR) is 92.7 cm³/mol. The lowest BCUT2D eigenvalue weighted by Crippen LogP contribution is -2.46. The first-order chi connectivity index (χ1) is 11.6. The number of hydrogen-bond donors (Lipinski definition) is 1. The summed E-state index contributed by atoms with van der Waals surface area (Å²) >= 11 is 0. The van der Waals surface area contributed by atoms with Crippen molar-refractivity contribution in [1.82, 2.24) is 15.1 Å². The summed E-state index contributed by atoms with van der Waals surface area (Å²) in [6.07, 6.45) is 0.197. The SMILES string of the molecule is CCN1CCN(Cc2ccc(OC3CCC(=O)NC3=O)cc2)CC1.[HH]. The number of imide groups is 1. The second-order valence-electron chi connectivity index (χ2n) is 6.41. The molecule has 6 nitrogen and oxygen atoms in total. The Hall–Kier alpha value is -1.92. The van der Waals surface area contributed by atoms with Gasteiger partial charge in [0.2, 0.25) is 5.91 Å². The van der Waals surface area contributed by atoms with Gasteiger partial charge in [-0.05, 0) is 24.2 Å². The molecule has 1 N–H and O–H groups in total. The van der Waals surface area contributed by atoms with Gasteiger partial charge in [-0.2, -0.15) is 0 Å². The fourth-order valence-corrected chi connectivity index (χ4v) is 3.15. The van der Waals surface area contributed by atoms with Crippen LogP contribution in [-0.4, -0.2) is 60.4 Å². The minimum Gasteiger partial charge on any atom is -0.481 e. The van der Waals surface area contributed by atoms with Crippen LogP contribution < -0.4 is 10.1 Å². The van der Waals surface area contributed by atoms with Crippen LogP contribution in [0.4, 0.5) is 0 Å². The van der Waals surface area contributed by atoms with Crippen molar-refractivity contribution in [3.8, 4) is 5.75 Å². The molecule has 0 bridgehead atoms. The summed E-state index contributed by atoms with van der Waals surface area (Å²) in [6, 6.07) is 7.91. The van der Waals surface area contributed by atoms with Crippen molar-refractivity contribution in [3.63, 3.8) is 0 Å². The summed E-state index contributed by atoms with van der Waals surface area (Å²) in [6.45, 7) is 8.73. The van der Waals surface area contributed by atoms with Gasteiger partial charge in [-0.15, -0.1) is 0 Å². The van der Waals surface area contributed by atoms with E-state index in [1.165, 1.54) is 5.56 Å². The van der Waals surface area contributed by atoms with E-state index in [0.29, 0.717) is 18.6 Å². The second kappa shape index (κ2) is 7.77. The lowest BCUT2D eigenvalue weighted by molar-refractivity contribution is -0.138. The molecule has 1 atom stereocenters. The molecule has 132 valence electrons. The Morgan fingerprint density at radius 1 is 1.12 bits per heavy atom. The van der Waals surface area contributed by atoms with Gasteiger partial charge in [0.05, 0.1) is 0 Å². The van der Waals surface area contributed by atoms with Gasteiger partial charge in [0, 0.05) is 47.0 Å². The number of piperidine rings is 1. The maximum Gasteiger partial charge on any atom is 0.267 e. The fourth-order valence-electron chi connectivity index (χ4n) is 3.15. The van der Waals surface area contributed by atoms with Gasteiger partial charge < -0.3 is 9.64 Å². The van der Waals surface area contributed by atoms with E-state index in [-0.39, 0.29) is 13.2 Å². The summed E-state index contributed by atoms with van der Waals surface area (Å²) in [5.41, 5.74) is 1.25. The largest absolute Gasteiger partial charge is 0.481 e. The van der Waals surface area contributed by atoms with E-state index in [1.54, 1.807) is 0 Å². The van der Waals surface area contributed by atoms with Crippen molar-refractivity contribution in [2.45, 2.75) is 32.4 Å². The number of piperazine rings is 1. The van der Waals surface area contributed by atoms with Crippen LogP contribution in [0.25, 0.3) is 0 Å². The summed E-state index contributed by atoms with van der Waals surface area (Å²) in [5, 5.41) is 2.31. The third-order valence-electron chi connectivity index (χ3n) is 4.71. The van der Waals surface area contributed by atoms with Crippen molar-refractivity contribution in [3.05, 3.63) is 29.8 Å². The fraction of sp³-hybridized carbons (Fsp3) is 0.556. The normalized spacial score (nSPS) is 23.1. The van der Waals surface area contributed by atoms with Gasteiger partial charge in [-0.25, -0.2) is 0 Å². The van der Waals surface area contributed by atoms with Crippen LogP contribution in [0.3, 0.4) is 0 Å². The highest BCUT2D eigenvalue weighted by Gasteiger charge is 2.28. The third-order valence-corrected chi connectivity index (χ3v) is 4.71. The maximum atomic E-state index is 11.7. The number of rotatable bonds is 5. The van der Waals surface area contributed by atoms with E-state index in [2.05, 4.69) is 22.0 Å². The Morgan fingerprint density at radius 3 is 2.42 bits per heavy atom. The van der Waals surface area contributed by atoms with Crippen LogP contribution in [0, 0.1) is 0 Å². The molecule has 0 aromatic heterocycles. The zero-order valence-corrected chi connectivity index (χ0v) is 14.2. The molecule has 1 unspecified atom stereocenters. The maximum absolute atomic E-state index is 11.7. The molecule has 6 heteroatoms. The molecule has 0 radical (unpaired) electrons. The number of benzene rings is 1. The third kappa shape index (κ3) is 4.33. The van der Waals surface area contributed by atoms with E-state index < -0.39 is 6.10 Å². The minimum absolute atomic E-state index is 0. The molecule has 2 aliphatic rings. The van der Waals surface area contributed by atoms with Crippen molar-refractivity contribution >= 4 is 11.8 Å². The molecule has 3 rings (SSSR count). The van der Waals surface area contributed by atoms with E-state index in [9.17, 15) is 9.59 Å². The van der Waals surface area contributed by atoms with Gasteiger partial charge in [-0.1, -0.05) is 19.1 Å². The summed E-state index contributed by atoms with van der Waals surface area (Å²) in [7, 11) is 0. The van der Waals surface area contributed by atoms with Crippen LogP contribution in [0.15, 0.2) is 24.3 Å². The Morgan fingerprint density at radius 2 is 1.79 bits per heavy atom. The van der Waals surface area contributed by atoms with E-state index in [4.69, 9.17) is 4.74 Å². The number of likely N-dealkylation sites (N-methyl/N-ethyl adjacent to an activating group) is 1. The van der Waals surface area contributed by atoms with Gasteiger partial charge in [0.15, 0.2) is 6.10 Å². The van der Waals surface area contributed by atoms with Crippen LogP contribution in [0.1, 0.15) is 26.8 Å². The number of nitrogens with one attached hydrogen (secondary N) is 1. The molecule has 2 heterocycles. The molecule has 0 spiro atoms. The number of carbonyl (C=O) groups is 2. The summed E-state index contributed by atoms with van der Waals surface area (Å²) in [5.74, 6) is 0.103. The molecule has 1 aromatic rings. The molecule has 2 aliphatic heterocycles. The van der Waals surface area contributed by atoms with Gasteiger partial charge >= 0.3 is 0 Å². The Bertz CT molecular complexity index is 586. The lowest BCUT2D eigenvalue weighted by Gasteiger charge is -2.34. The standard InChI is InChI=1S/C18H25N3O3.H2/c1-2-20-9-11-21(12-10-20)13-14-3-5-15(6-4-14)24-16-7-8-17(22)19-18(16)23;/h3-6,16H,2,7-13H2,1H3,(H,19,22,23);1H. The monoisotopic (exact) mass is 333 g/mol. The second-order valence-corrected chi connectivity index (χ2v) is 6.41. The quantitative estimate of drug-likeness (QED) is 0.822. The zero-order chi connectivity index (χ0) is 16.9. The number of ether oxygens (including phenoxy) is 1. The minimum atomic E-state index is -0.573. The van der Waals surface area contributed by atoms with E-state index in [0.717, 1.165) is 39.3 Å². The Balaban J connectivity index is 0.00000225.